The fourth-order valence-electron chi connectivity index (χ4n) is 1.44. The Balaban J connectivity index is 2.93. The van der Waals surface area contributed by atoms with Gasteiger partial charge in [-0.3, -0.25) is 5.41 Å². The van der Waals surface area contributed by atoms with Crippen LogP contribution in [-0.4, -0.2) is 20.3 Å². The Morgan fingerprint density at radius 3 is 2.44 bits per heavy atom. The molecule has 0 amide bonds. The number of sulfonamides is 1. The second-order valence-electron chi connectivity index (χ2n) is 3.87. The van der Waals surface area contributed by atoms with Gasteiger partial charge in [-0.15, -0.1) is 0 Å². The molecule has 0 aliphatic rings. The molecule has 1 aromatic carbocycles. The first-order valence-electron chi connectivity index (χ1n) is 5.48. The van der Waals surface area contributed by atoms with E-state index in [2.05, 4.69) is 4.72 Å². The molecule has 1 unspecified atom stereocenters. The maximum atomic E-state index is 12.7. The summed E-state index contributed by atoms with van der Waals surface area (Å²) in [5.74, 6) is -0.742. The van der Waals surface area contributed by atoms with Crippen molar-refractivity contribution in [1.82, 2.24) is 4.72 Å². The fraction of sp³-hybridized carbons (Fsp3) is 0.364. The highest BCUT2D eigenvalue weighted by atomic mass is 32.2. The first-order chi connectivity index (χ1) is 8.36. The van der Waals surface area contributed by atoms with Crippen LogP contribution < -0.4 is 10.5 Å². The van der Waals surface area contributed by atoms with Crippen molar-refractivity contribution in [2.45, 2.75) is 30.7 Å². The highest BCUT2D eigenvalue weighted by Crippen LogP contribution is 2.11. The number of rotatable bonds is 6. The van der Waals surface area contributed by atoms with Gasteiger partial charge in [0, 0.05) is 0 Å². The van der Waals surface area contributed by atoms with Crippen LogP contribution in [0.3, 0.4) is 0 Å². The van der Waals surface area contributed by atoms with E-state index in [9.17, 15) is 12.8 Å². The third-order valence-corrected chi connectivity index (χ3v) is 3.86. The zero-order valence-corrected chi connectivity index (χ0v) is 10.8. The van der Waals surface area contributed by atoms with Crippen LogP contribution in [0.5, 0.6) is 0 Å². The maximum Gasteiger partial charge on any atom is 0.241 e. The molecule has 0 aromatic heterocycles. The topological polar surface area (TPSA) is 96.0 Å². The standard InChI is InChI=1S/C11H16FN3O2S/c1-2-3-10(11(13)14)15-18(16,17)9-6-4-8(12)5-7-9/h4-7,10,15H,2-3H2,1H3,(H3,13,14). The highest BCUT2D eigenvalue weighted by Gasteiger charge is 2.21. The second kappa shape index (κ2) is 5.92. The van der Waals surface area contributed by atoms with Gasteiger partial charge < -0.3 is 5.73 Å². The molecule has 100 valence electrons. The van der Waals surface area contributed by atoms with Gasteiger partial charge in [0.1, 0.15) is 11.7 Å². The third-order valence-electron chi connectivity index (χ3n) is 2.37. The predicted octanol–water partition coefficient (Wildman–Crippen LogP) is 1.21. The van der Waals surface area contributed by atoms with Gasteiger partial charge in [0.2, 0.25) is 10.0 Å². The molecule has 0 aliphatic heterocycles. The average Bonchev–Trinajstić information content (AvgIpc) is 2.28. The lowest BCUT2D eigenvalue weighted by Gasteiger charge is -2.16. The SMILES string of the molecule is CCCC(NS(=O)(=O)c1ccc(F)cc1)C(=N)N. The van der Waals surface area contributed by atoms with E-state index >= 15 is 0 Å². The van der Waals surface area contributed by atoms with Crippen LogP contribution in [-0.2, 0) is 10.0 Å². The summed E-state index contributed by atoms with van der Waals surface area (Å²) < 4.78 is 38.9. The number of hydrogen-bond donors (Lipinski definition) is 3. The molecule has 1 rings (SSSR count). The van der Waals surface area contributed by atoms with Crippen LogP contribution >= 0.6 is 0 Å². The first-order valence-corrected chi connectivity index (χ1v) is 6.97. The summed E-state index contributed by atoms with van der Waals surface area (Å²) in [5.41, 5.74) is 5.33. The van der Waals surface area contributed by atoms with Crippen molar-refractivity contribution >= 4 is 15.9 Å². The molecular formula is C11H16FN3O2S. The average molecular weight is 273 g/mol. The molecule has 0 spiro atoms. The Morgan fingerprint density at radius 1 is 1.44 bits per heavy atom. The molecule has 0 saturated heterocycles. The van der Waals surface area contributed by atoms with Crippen molar-refractivity contribution in [3.63, 3.8) is 0 Å². The van der Waals surface area contributed by atoms with Gasteiger partial charge in [-0.05, 0) is 30.7 Å². The molecule has 18 heavy (non-hydrogen) atoms. The molecule has 0 fully saturated rings. The van der Waals surface area contributed by atoms with Gasteiger partial charge in [-0.2, -0.15) is 0 Å². The van der Waals surface area contributed by atoms with Crippen molar-refractivity contribution in [3.8, 4) is 0 Å². The lowest BCUT2D eigenvalue weighted by atomic mass is 10.2. The summed E-state index contributed by atoms with van der Waals surface area (Å²) in [6, 6.07) is 3.74. The fourth-order valence-corrected chi connectivity index (χ4v) is 2.69. The van der Waals surface area contributed by atoms with Gasteiger partial charge in [0.05, 0.1) is 10.9 Å². The van der Waals surface area contributed by atoms with Crippen LogP contribution in [0.1, 0.15) is 19.8 Å². The van der Waals surface area contributed by atoms with Crippen molar-refractivity contribution in [3.05, 3.63) is 30.1 Å². The number of hydrogen-bond acceptors (Lipinski definition) is 3. The van der Waals surface area contributed by atoms with E-state index in [1.807, 2.05) is 6.92 Å². The lowest BCUT2D eigenvalue weighted by molar-refractivity contribution is 0.565. The first kappa shape index (κ1) is 14.6. The number of halogens is 1. The Labute approximate surface area is 106 Å². The minimum absolute atomic E-state index is 0.0498. The molecule has 1 aromatic rings. The summed E-state index contributed by atoms with van der Waals surface area (Å²) >= 11 is 0. The summed E-state index contributed by atoms with van der Waals surface area (Å²) in [5, 5.41) is 7.32. The minimum atomic E-state index is -3.78. The van der Waals surface area contributed by atoms with Crippen molar-refractivity contribution in [1.29, 1.82) is 5.41 Å². The van der Waals surface area contributed by atoms with E-state index in [4.69, 9.17) is 11.1 Å². The predicted molar refractivity (Wildman–Crippen MR) is 67.3 cm³/mol. The molecule has 0 aliphatic carbocycles. The van der Waals surface area contributed by atoms with Gasteiger partial charge in [0.25, 0.3) is 0 Å². The summed E-state index contributed by atoms with van der Waals surface area (Å²) in [6.45, 7) is 1.86. The molecule has 0 saturated carbocycles. The normalized spacial score (nSPS) is 13.2. The zero-order valence-electron chi connectivity index (χ0n) is 9.98. The van der Waals surface area contributed by atoms with E-state index in [0.717, 1.165) is 12.1 Å². The highest BCUT2D eigenvalue weighted by molar-refractivity contribution is 7.89. The minimum Gasteiger partial charge on any atom is -0.386 e. The third kappa shape index (κ3) is 3.78. The maximum absolute atomic E-state index is 12.7. The molecule has 1 atom stereocenters. The molecule has 5 nitrogen and oxygen atoms in total. The Kier molecular flexibility index (Phi) is 4.80. The van der Waals surface area contributed by atoms with Gasteiger partial charge in [-0.25, -0.2) is 17.5 Å². The monoisotopic (exact) mass is 273 g/mol. The summed E-state index contributed by atoms with van der Waals surface area (Å²) in [4.78, 5) is -0.0498. The van der Waals surface area contributed by atoms with E-state index in [1.165, 1.54) is 12.1 Å². The Hall–Kier alpha value is -1.47. The number of nitrogens with two attached hydrogens (primary N) is 1. The smallest absolute Gasteiger partial charge is 0.241 e. The molecule has 0 bridgehead atoms. The van der Waals surface area contributed by atoms with Gasteiger partial charge >= 0.3 is 0 Å². The van der Waals surface area contributed by atoms with Crippen LogP contribution in [0.25, 0.3) is 0 Å². The van der Waals surface area contributed by atoms with Crippen molar-refractivity contribution in [2.75, 3.05) is 0 Å². The van der Waals surface area contributed by atoms with Crippen LogP contribution in [0.4, 0.5) is 4.39 Å². The van der Waals surface area contributed by atoms with E-state index in [1.54, 1.807) is 0 Å². The van der Waals surface area contributed by atoms with Crippen LogP contribution in [0, 0.1) is 11.2 Å². The molecular weight excluding hydrogens is 257 g/mol. The van der Waals surface area contributed by atoms with E-state index in [0.29, 0.717) is 12.8 Å². The van der Waals surface area contributed by atoms with E-state index in [-0.39, 0.29) is 10.7 Å². The summed E-state index contributed by atoms with van der Waals surface area (Å²) in [6.07, 6.45) is 1.13. The van der Waals surface area contributed by atoms with Gasteiger partial charge in [-0.1, -0.05) is 13.3 Å². The number of amidine groups is 1. The molecule has 0 radical (unpaired) electrons. The largest absolute Gasteiger partial charge is 0.386 e. The second-order valence-corrected chi connectivity index (χ2v) is 5.59. The van der Waals surface area contributed by atoms with Crippen LogP contribution in [0.2, 0.25) is 0 Å². The van der Waals surface area contributed by atoms with E-state index < -0.39 is 21.9 Å². The lowest BCUT2D eigenvalue weighted by Crippen LogP contribution is -2.43. The van der Waals surface area contributed by atoms with Crippen molar-refractivity contribution < 1.29 is 12.8 Å². The Morgan fingerprint density at radius 2 is 2.00 bits per heavy atom. The quantitative estimate of drug-likeness (QED) is 0.537. The van der Waals surface area contributed by atoms with Gasteiger partial charge in [0.15, 0.2) is 0 Å². The number of benzene rings is 1. The number of nitrogens with one attached hydrogen (secondary N) is 2. The van der Waals surface area contributed by atoms with Crippen molar-refractivity contribution in [2.24, 2.45) is 5.73 Å². The zero-order chi connectivity index (χ0) is 13.8. The van der Waals surface area contributed by atoms with Crippen LogP contribution in [0.15, 0.2) is 29.2 Å². The molecule has 4 N–H and O–H groups in total. The summed E-state index contributed by atoms with van der Waals surface area (Å²) in [7, 11) is -3.78. The molecule has 7 heteroatoms. The molecule has 0 heterocycles. The Bertz CT molecular complexity index is 514.